The van der Waals surface area contributed by atoms with E-state index in [-0.39, 0.29) is 0 Å². The van der Waals surface area contributed by atoms with Gasteiger partial charge in [-0.15, -0.1) is 11.3 Å². The molecule has 2 rings (SSSR count). The summed E-state index contributed by atoms with van der Waals surface area (Å²) in [5.74, 6) is 0.818. The highest BCUT2D eigenvalue weighted by Gasteiger charge is 2.01. The molecule has 0 spiro atoms. The van der Waals surface area contributed by atoms with E-state index in [2.05, 4.69) is 39.6 Å². The van der Waals surface area contributed by atoms with Crippen molar-refractivity contribution in [3.8, 4) is 0 Å². The molecule has 0 aliphatic carbocycles. The van der Waals surface area contributed by atoms with Crippen LogP contribution >= 0.6 is 11.3 Å². The molecule has 0 aliphatic heterocycles. The second-order valence-electron chi connectivity index (χ2n) is 4.46. The molecule has 0 aliphatic rings. The van der Waals surface area contributed by atoms with E-state index in [0.717, 1.165) is 37.0 Å². The van der Waals surface area contributed by atoms with Crippen LogP contribution in [0.3, 0.4) is 0 Å². The highest BCUT2D eigenvalue weighted by molar-refractivity contribution is 7.11. The number of nitrogens with one attached hydrogen (secondary N) is 2. The Kier molecular flexibility index (Phi) is 6.21. The molecule has 2 heterocycles. The standard InChI is InChI=1S/C14H22N6S/c1-3-12-10-17-13(21-12)11-18-14(15-4-2)16-7-9-20-8-5-6-19-20/h5-6,8,10H,3-4,7,9,11H2,1-2H3,(H2,15,16,18). The van der Waals surface area contributed by atoms with Crippen molar-refractivity contribution in [3.05, 3.63) is 34.5 Å². The van der Waals surface area contributed by atoms with Gasteiger partial charge in [0.1, 0.15) is 5.01 Å². The molecule has 6 nitrogen and oxygen atoms in total. The van der Waals surface area contributed by atoms with E-state index in [9.17, 15) is 0 Å². The number of nitrogens with zero attached hydrogens (tertiary/aromatic N) is 4. The van der Waals surface area contributed by atoms with Crippen LogP contribution in [0.5, 0.6) is 0 Å². The number of hydrogen-bond donors (Lipinski definition) is 2. The fourth-order valence-corrected chi connectivity index (χ4v) is 2.58. The van der Waals surface area contributed by atoms with Crippen LogP contribution in [-0.4, -0.2) is 33.8 Å². The van der Waals surface area contributed by atoms with Crippen LogP contribution in [0.2, 0.25) is 0 Å². The minimum absolute atomic E-state index is 0.613. The summed E-state index contributed by atoms with van der Waals surface area (Å²) >= 11 is 1.73. The summed E-state index contributed by atoms with van der Waals surface area (Å²) in [7, 11) is 0. The summed E-state index contributed by atoms with van der Waals surface area (Å²) in [6, 6.07) is 1.92. The molecule has 114 valence electrons. The van der Waals surface area contributed by atoms with Crippen LogP contribution in [0.15, 0.2) is 29.6 Å². The molecule has 0 saturated heterocycles. The fourth-order valence-electron chi connectivity index (χ4n) is 1.79. The molecule has 0 saturated carbocycles. The average molecular weight is 306 g/mol. The van der Waals surface area contributed by atoms with Gasteiger partial charge >= 0.3 is 0 Å². The molecule has 0 bridgehead atoms. The number of guanidine groups is 1. The van der Waals surface area contributed by atoms with Gasteiger partial charge in [-0.3, -0.25) is 4.68 Å². The van der Waals surface area contributed by atoms with Crippen molar-refractivity contribution in [2.45, 2.75) is 33.4 Å². The summed E-state index contributed by atoms with van der Waals surface area (Å²) in [6.45, 7) is 7.25. The SMILES string of the molecule is CCNC(=NCc1ncc(CC)s1)NCCn1cccn1. The maximum atomic E-state index is 4.56. The van der Waals surface area contributed by atoms with E-state index in [1.807, 2.05) is 23.1 Å². The second-order valence-corrected chi connectivity index (χ2v) is 5.66. The summed E-state index contributed by atoms with van der Waals surface area (Å²) in [5, 5.41) is 11.8. The van der Waals surface area contributed by atoms with E-state index in [4.69, 9.17) is 0 Å². The normalized spacial score (nSPS) is 11.6. The number of aryl methyl sites for hydroxylation is 1. The molecule has 2 N–H and O–H groups in total. The first-order valence-corrected chi connectivity index (χ1v) is 8.06. The van der Waals surface area contributed by atoms with Gasteiger partial charge in [0.05, 0.1) is 13.1 Å². The third-order valence-electron chi connectivity index (χ3n) is 2.86. The third kappa shape index (κ3) is 5.18. The molecule has 0 aromatic carbocycles. The van der Waals surface area contributed by atoms with Gasteiger partial charge in [0, 0.05) is 36.6 Å². The third-order valence-corrected chi connectivity index (χ3v) is 3.99. The number of aliphatic imine (C=N–C) groups is 1. The topological polar surface area (TPSA) is 67.1 Å². The summed E-state index contributed by atoms with van der Waals surface area (Å²) in [4.78, 5) is 10.2. The number of hydrogen-bond acceptors (Lipinski definition) is 4. The highest BCUT2D eigenvalue weighted by atomic mass is 32.1. The minimum atomic E-state index is 0.613. The first kappa shape index (κ1) is 15.5. The zero-order chi connectivity index (χ0) is 14.9. The van der Waals surface area contributed by atoms with E-state index in [0.29, 0.717) is 6.54 Å². The van der Waals surface area contributed by atoms with Gasteiger partial charge in [0.2, 0.25) is 0 Å². The maximum absolute atomic E-state index is 4.56. The molecular formula is C14H22N6S. The lowest BCUT2D eigenvalue weighted by Gasteiger charge is -2.10. The van der Waals surface area contributed by atoms with Crippen LogP contribution in [0.25, 0.3) is 0 Å². The van der Waals surface area contributed by atoms with Gasteiger partial charge in [-0.1, -0.05) is 6.92 Å². The largest absolute Gasteiger partial charge is 0.357 e. The minimum Gasteiger partial charge on any atom is -0.357 e. The predicted molar refractivity (Wildman–Crippen MR) is 86.5 cm³/mol. The molecule has 0 fully saturated rings. The van der Waals surface area contributed by atoms with Crippen molar-refractivity contribution in [2.24, 2.45) is 4.99 Å². The molecule has 2 aromatic heterocycles. The molecule has 0 amide bonds. The van der Waals surface area contributed by atoms with E-state index in [1.54, 1.807) is 17.5 Å². The summed E-state index contributed by atoms with van der Waals surface area (Å²) in [5.41, 5.74) is 0. The summed E-state index contributed by atoms with van der Waals surface area (Å²) < 4.78 is 1.89. The van der Waals surface area contributed by atoms with Gasteiger partial charge in [-0.25, -0.2) is 9.98 Å². The Morgan fingerprint density at radius 2 is 2.29 bits per heavy atom. The number of thiazole rings is 1. The van der Waals surface area contributed by atoms with Gasteiger partial charge in [-0.2, -0.15) is 5.10 Å². The summed E-state index contributed by atoms with van der Waals surface area (Å²) in [6.07, 6.45) is 6.71. The Hall–Kier alpha value is -1.89. The van der Waals surface area contributed by atoms with Crippen LogP contribution in [-0.2, 0) is 19.5 Å². The second kappa shape index (κ2) is 8.41. The van der Waals surface area contributed by atoms with E-state index < -0.39 is 0 Å². The van der Waals surface area contributed by atoms with Gasteiger partial charge in [0.25, 0.3) is 0 Å². The zero-order valence-electron chi connectivity index (χ0n) is 12.5. The van der Waals surface area contributed by atoms with Crippen LogP contribution < -0.4 is 10.6 Å². The molecule has 2 aromatic rings. The zero-order valence-corrected chi connectivity index (χ0v) is 13.4. The molecule has 7 heteroatoms. The van der Waals surface area contributed by atoms with Crippen molar-refractivity contribution in [2.75, 3.05) is 13.1 Å². The lowest BCUT2D eigenvalue weighted by molar-refractivity contribution is 0.598. The van der Waals surface area contributed by atoms with Gasteiger partial charge in [-0.05, 0) is 19.4 Å². The Morgan fingerprint density at radius 1 is 1.38 bits per heavy atom. The predicted octanol–water partition coefficient (Wildman–Crippen LogP) is 1.66. The van der Waals surface area contributed by atoms with Gasteiger partial charge in [0.15, 0.2) is 5.96 Å². The lowest BCUT2D eigenvalue weighted by Crippen LogP contribution is -2.38. The Labute approximate surface area is 129 Å². The molecule has 21 heavy (non-hydrogen) atoms. The van der Waals surface area contributed by atoms with E-state index in [1.165, 1.54) is 4.88 Å². The van der Waals surface area contributed by atoms with Crippen molar-refractivity contribution < 1.29 is 0 Å². The van der Waals surface area contributed by atoms with Crippen molar-refractivity contribution >= 4 is 17.3 Å². The molecule has 0 radical (unpaired) electrons. The average Bonchev–Trinajstić information content (AvgIpc) is 3.16. The fraction of sp³-hybridized carbons (Fsp3) is 0.500. The number of aromatic nitrogens is 3. The van der Waals surface area contributed by atoms with E-state index >= 15 is 0 Å². The first-order valence-electron chi connectivity index (χ1n) is 7.25. The highest BCUT2D eigenvalue weighted by Crippen LogP contribution is 2.13. The Morgan fingerprint density at radius 3 is 2.95 bits per heavy atom. The van der Waals surface area contributed by atoms with Crippen molar-refractivity contribution in [1.82, 2.24) is 25.4 Å². The smallest absolute Gasteiger partial charge is 0.191 e. The van der Waals surface area contributed by atoms with Crippen LogP contribution in [0, 0.1) is 0 Å². The van der Waals surface area contributed by atoms with Crippen molar-refractivity contribution in [1.29, 1.82) is 0 Å². The van der Waals surface area contributed by atoms with Gasteiger partial charge < -0.3 is 10.6 Å². The molecule has 0 unspecified atom stereocenters. The van der Waals surface area contributed by atoms with Crippen LogP contribution in [0.1, 0.15) is 23.7 Å². The molecule has 0 atom stereocenters. The monoisotopic (exact) mass is 306 g/mol. The first-order chi connectivity index (χ1) is 10.3. The lowest BCUT2D eigenvalue weighted by atomic mass is 10.4. The quantitative estimate of drug-likeness (QED) is 0.603. The molecular weight excluding hydrogens is 284 g/mol. The van der Waals surface area contributed by atoms with Crippen molar-refractivity contribution in [3.63, 3.8) is 0 Å². The van der Waals surface area contributed by atoms with Crippen LogP contribution in [0.4, 0.5) is 0 Å². The number of rotatable bonds is 7. The Balaban J connectivity index is 1.83. The Bertz CT molecular complexity index is 546. The maximum Gasteiger partial charge on any atom is 0.191 e.